The molecule has 2 saturated heterocycles. The minimum Gasteiger partial charge on any atom is -0.378 e. The maximum atomic E-state index is 12.8. The maximum absolute atomic E-state index is 12.8. The van der Waals surface area contributed by atoms with Crippen LogP contribution in [0.3, 0.4) is 0 Å². The lowest BCUT2D eigenvalue weighted by atomic mass is 9.71. The number of aromatic nitrogens is 2. The van der Waals surface area contributed by atoms with Crippen LogP contribution in [0.4, 0.5) is 14.7 Å². The molecular formula is C26H30F2N6O. The van der Waals surface area contributed by atoms with Crippen molar-refractivity contribution < 1.29 is 13.5 Å². The Kier molecular flexibility index (Phi) is 6.06. The van der Waals surface area contributed by atoms with Crippen molar-refractivity contribution >= 4 is 17.4 Å². The van der Waals surface area contributed by atoms with Gasteiger partial charge in [0.05, 0.1) is 30.5 Å². The number of nitrogens with zero attached hydrogens (tertiary/aromatic N) is 5. The minimum absolute atomic E-state index is 0.0398. The van der Waals surface area contributed by atoms with Gasteiger partial charge in [0.25, 0.3) is 6.43 Å². The van der Waals surface area contributed by atoms with Gasteiger partial charge in [0.15, 0.2) is 0 Å². The molecule has 6 rings (SSSR count). The number of ether oxygens (including phenoxy) is 1. The highest BCUT2D eigenvalue weighted by molar-refractivity contribution is 6.15. The van der Waals surface area contributed by atoms with Gasteiger partial charge in [-0.2, -0.15) is 10.2 Å². The highest BCUT2D eigenvalue weighted by Crippen LogP contribution is 2.44. The second-order valence-electron chi connectivity index (χ2n) is 10.1. The SMILES string of the molecule is FC(F)C1=NN=C(c2cnc(NC3(c4ccc(C5CCN(C6COC6)CC5)cc4)CCC3)nc2)C1. The molecule has 1 aromatic heterocycles. The third-order valence-corrected chi connectivity index (χ3v) is 8.04. The molecule has 1 aromatic carbocycles. The molecule has 1 saturated carbocycles. The number of anilines is 1. The van der Waals surface area contributed by atoms with Gasteiger partial charge >= 0.3 is 0 Å². The van der Waals surface area contributed by atoms with Crippen molar-refractivity contribution in [2.45, 2.75) is 62.4 Å². The molecular weight excluding hydrogens is 450 g/mol. The van der Waals surface area contributed by atoms with Gasteiger partial charge in [0.1, 0.15) is 5.71 Å². The quantitative estimate of drug-likeness (QED) is 0.637. The van der Waals surface area contributed by atoms with Crippen LogP contribution in [-0.2, 0) is 10.3 Å². The van der Waals surface area contributed by atoms with E-state index in [-0.39, 0.29) is 17.7 Å². The standard InChI is InChI=1S/C26H30F2N6O/c27-24(28)23-12-22(32-33-23)19-13-29-25(30-14-19)31-26(8-1-9-26)20-4-2-17(3-5-20)18-6-10-34(11-7-18)21-15-35-16-21/h2-5,13-14,18,21,24H,1,6-12,15-16H2,(H,29,30,31). The van der Waals surface area contributed by atoms with Crippen LogP contribution in [0.25, 0.3) is 0 Å². The smallest absolute Gasteiger partial charge is 0.278 e. The fourth-order valence-corrected chi connectivity index (χ4v) is 5.53. The first-order chi connectivity index (χ1) is 17.1. The van der Waals surface area contributed by atoms with Crippen LogP contribution in [0.5, 0.6) is 0 Å². The van der Waals surface area contributed by atoms with Crippen LogP contribution < -0.4 is 5.32 Å². The maximum Gasteiger partial charge on any atom is 0.278 e. The number of hydrogen-bond acceptors (Lipinski definition) is 7. The number of likely N-dealkylation sites (tertiary alicyclic amines) is 1. The van der Waals surface area contributed by atoms with Crippen molar-refractivity contribution in [3.8, 4) is 0 Å². The Morgan fingerprint density at radius 2 is 1.71 bits per heavy atom. The number of rotatable bonds is 7. The summed E-state index contributed by atoms with van der Waals surface area (Å²) in [5, 5.41) is 11.0. The lowest BCUT2D eigenvalue weighted by molar-refractivity contribution is -0.0712. The van der Waals surface area contributed by atoms with E-state index in [4.69, 9.17) is 4.74 Å². The van der Waals surface area contributed by atoms with E-state index in [2.05, 4.69) is 54.7 Å². The molecule has 2 aromatic rings. The molecule has 184 valence electrons. The average molecular weight is 481 g/mol. The highest BCUT2D eigenvalue weighted by Gasteiger charge is 2.39. The summed E-state index contributed by atoms with van der Waals surface area (Å²) in [5.74, 6) is 1.16. The fraction of sp³-hybridized carbons (Fsp3) is 0.538. The van der Waals surface area contributed by atoms with E-state index in [1.807, 2.05) is 0 Å². The van der Waals surface area contributed by atoms with Gasteiger partial charge in [-0.05, 0) is 62.2 Å². The Balaban J connectivity index is 1.09. The third-order valence-electron chi connectivity index (χ3n) is 8.04. The Hall–Kier alpha value is -2.78. The molecule has 3 aliphatic heterocycles. The highest BCUT2D eigenvalue weighted by atomic mass is 19.3. The lowest BCUT2D eigenvalue weighted by Crippen LogP contribution is -2.51. The van der Waals surface area contributed by atoms with Crippen LogP contribution in [0.15, 0.2) is 46.9 Å². The van der Waals surface area contributed by atoms with Crippen LogP contribution in [-0.4, -0.2) is 65.1 Å². The lowest BCUT2D eigenvalue weighted by Gasteiger charge is -2.43. The van der Waals surface area contributed by atoms with Gasteiger partial charge in [-0.15, -0.1) is 0 Å². The van der Waals surface area contributed by atoms with Crippen molar-refractivity contribution in [3.05, 3.63) is 53.3 Å². The van der Waals surface area contributed by atoms with Gasteiger partial charge in [0, 0.05) is 24.4 Å². The van der Waals surface area contributed by atoms with Crippen molar-refractivity contribution in [1.29, 1.82) is 0 Å². The molecule has 7 nitrogen and oxygen atoms in total. The number of halogens is 2. The molecule has 0 unspecified atom stereocenters. The number of hydrogen-bond donors (Lipinski definition) is 1. The first-order valence-corrected chi connectivity index (χ1v) is 12.5. The summed E-state index contributed by atoms with van der Waals surface area (Å²) < 4.78 is 31.0. The molecule has 0 spiro atoms. The molecule has 1 N–H and O–H groups in total. The van der Waals surface area contributed by atoms with Gasteiger partial charge in [-0.1, -0.05) is 24.3 Å². The van der Waals surface area contributed by atoms with Crippen LogP contribution in [0.1, 0.15) is 61.1 Å². The molecule has 0 bridgehead atoms. The monoisotopic (exact) mass is 480 g/mol. The molecule has 4 heterocycles. The Morgan fingerprint density at radius 3 is 2.26 bits per heavy atom. The largest absolute Gasteiger partial charge is 0.378 e. The summed E-state index contributed by atoms with van der Waals surface area (Å²) in [7, 11) is 0. The minimum atomic E-state index is -2.58. The molecule has 0 atom stereocenters. The predicted octanol–water partition coefficient (Wildman–Crippen LogP) is 4.36. The number of piperidine rings is 1. The molecule has 3 fully saturated rings. The summed E-state index contributed by atoms with van der Waals surface area (Å²) >= 11 is 0. The number of alkyl halides is 2. The van der Waals surface area contributed by atoms with Crippen LogP contribution in [0.2, 0.25) is 0 Å². The van der Waals surface area contributed by atoms with Gasteiger partial charge in [-0.25, -0.2) is 18.7 Å². The van der Waals surface area contributed by atoms with E-state index in [0.717, 1.165) is 45.6 Å². The van der Waals surface area contributed by atoms with E-state index in [0.29, 0.717) is 29.2 Å². The summed E-state index contributed by atoms with van der Waals surface area (Å²) in [6.45, 7) is 4.09. The Bertz CT molecular complexity index is 1100. The molecule has 0 amide bonds. The van der Waals surface area contributed by atoms with Gasteiger partial charge < -0.3 is 10.1 Å². The third kappa shape index (κ3) is 4.47. The van der Waals surface area contributed by atoms with Crippen molar-refractivity contribution in [1.82, 2.24) is 14.9 Å². The number of benzene rings is 1. The van der Waals surface area contributed by atoms with Crippen LogP contribution in [0, 0.1) is 0 Å². The van der Waals surface area contributed by atoms with Crippen LogP contribution >= 0.6 is 0 Å². The fourth-order valence-electron chi connectivity index (χ4n) is 5.53. The van der Waals surface area contributed by atoms with Gasteiger partial charge in [0.2, 0.25) is 5.95 Å². The van der Waals surface area contributed by atoms with Gasteiger partial charge in [-0.3, -0.25) is 4.90 Å². The van der Waals surface area contributed by atoms with E-state index < -0.39 is 6.43 Å². The average Bonchev–Trinajstić information content (AvgIpc) is 3.32. The molecule has 4 aliphatic rings. The molecule has 9 heteroatoms. The summed E-state index contributed by atoms with van der Waals surface area (Å²) in [6.07, 6.45) is 6.33. The van der Waals surface area contributed by atoms with E-state index in [9.17, 15) is 8.78 Å². The second-order valence-corrected chi connectivity index (χ2v) is 10.1. The molecule has 35 heavy (non-hydrogen) atoms. The first kappa shape index (κ1) is 22.7. The zero-order chi connectivity index (χ0) is 23.8. The number of nitrogens with one attached hydrogen (secondary N) is 1. The second kappa shape index (κ2) is 9.35. The summed E-state index contributed by atoms with van der Waals surface area (Å²) in [6, 6.07) is 9.75. The first-order valence-electron chi connectivity index (χ1n) is 12.5. The molecule has 1 aliphatic carbocycles. The molecule has 0 radical (unpaired) electrons. The Labute approximate surface area is 203 Å². The predicted molar refractivity (Wildman–Crippen MR) is 130 cm³/mol. The Morgan fingerprint density at radius 1 is 1.00 bits per heavy atom. The normalized spacial score (nSPS) is 22.9. The van der Waals surface area contributed by atoms with E-state index in [1.54, 1.807) is 12.4 Å². The summed E-state index contributed by atoms with van der Waals surface area (Å²) in [4.78, 5) is 11.5. The van der Waals surface area contributed by atoms with E-state index in [1.165, 1.54) is 24.0 Å². The van der Waals surface area contributed by atoms with Crippen molar-refractivity contribution in [2.75, 3.05) is 31.6 Å². The van der Waals surface area contributed by atoms with Crippen molar-refractivity contribution in [3.63, 3.8) is 0 Å². The topological polar surface area (TPSA) is 75.0 Å². The zero-order valence-electron chi connectivity index (χ0n) is 19.7. The van der Waals surface area contributed by atoms with E-state index >= 15 is 0 Å². The summed E-state index contributed by atoms with van der Waals surface area (Å²) in [5.41, 5.74) is 3.42. The zero-order valence-corrected chi connectivity index (χ0v) is 19.7. The van der Waals surface area contributed by atoms with Crippen molar-refractivity contribution in [2.24, 2.45) is 10.2 Å².